The third-order valence-corrected chi connectivity index (χ3v) is 5.80. The van der Waals surface area contributed by atoms with Gasteiger partial charge in [-0.05, 0) is 77.3 Å². The van der Waals surface area contributed by atoms with Crippen LogP contribution in [0.15, 0.2) is 68.6 Å². The fourth-order valence-corrected chi connectivity index (χ4v) is 4.38. The highest BCUT2D eigenvalue weighted by Gasteiger charge is 2.13. The molecular weight excluding hydrogens is 566 g/mol. The number of aryl methyl sites for hydroxylation is 2. The van der Waals surface area contributed by atoms with Gasteiger partial charge in [0, 0.05) is 21.3 Å². The number of nitrogens with zero attached hydrogens (tertiary/aromatic N) is 1. The Hall–Kier alpha value is -3.17. The van der Waals surface area contributed by atoms with E-state index in [1.807, 2.05) is 32.0 Å². The summed E-state index contributed by atoms with van der Waals surface area (Å²) in [5.41, 5.74) is 6.20. The van der Waals surface area contributed by atoms with Crippen molar-refractivity contribution >= 4 is 55.6 Å². The molecule has 0 heterocycles. The fraction of sp³-hybridized carbons (Fsp3) is 0.160. The number of hydrogen-bond acceptors (Lipinski definition) is 5. The van der Waals surface area contributed by atoms with Crippen LogP contribution in [0.3, 0.4) is 0 Å². The maximum absolute atomic E-state index is 12.5. The van der Waals surface area contributed by atoms with Gasteiger partial charge in [0.25, 0.3) is 11.8 Å². The van der Waals surface area contributed by atoms with Crippen LogP contribution in [0.2, 0.25) is 0 Å². The number of anilines is 1. The molecule has 0 aliphatic carbocycles. The average Bonchev–Trinajstić information content (AvgIpc) is 2.80. The highest BCUT2D eigenvalue weighted by molar-refractivity contribution is 9.11. The highest BCUT2D eigenvalue weighted by atomic mass is 79.9. The van der Waals surface area contributed by atoms with E-state index in [9.17, 15) is 9.59 Å². The molecule has 9 heteroatoms. The van der Waals surface area contributed by atoms with Crippen molar-refractivity contribution in [3.8, 4) is 11.5 Å². The number of nitrogens with one attached hydrogen (secondary N) is 2. The van der Waals surface area contributed by atoms with Crippen molar-refractivity contribution in [3.63, 3.8) is 0 Å². The summed E-state index contributed by atoms with van der Waals surface area (Å²) in [6, 6.07) is 16.2. The topological polar surface area (TPSA) is 89.0 Å². The Balaban J connectivity index is 1.69. The van der Waals surface area contributed by atoms with Crippen molar-refractivity contribution in [2.24, 2.45) is 5.10 Å². The zero-order chi connectivity index (χ0) is 24.7. The van der Waals surface area contributed by atoms with E-state index in [0.29, 0.717) is 27.1 Å². The number of carbonyl (C=O) groups is 2. The molecule has 2 N–H and O–H groups in total. The van der Waals surface area contributed by atoms with Crippen molar-refractivity contribution in [3.05, 3.63) is 85.8 Å². The molecule has 3 rings (SSSR count). The molecule has 176 valence electrons. The first-order valence-electron chi connectivity index (χ1n) is 10.2. The van der Waals surface area contributed by atoms with Crippen LogP contribution in [0.5, 0.6) is 11.5 Å². The van der Waals surface area contributed by atoms with Gasteiger partial charge in [0.05, 0.1) is 17.8 Å². The predicted octanol–water partition coefficient (Wildman–Crippen LogP) is 5.62. The van der Waals surface area contributed by atoms with E-state index in [1.165, 1.54) is 13.3 Å². The normalized spacial score (nSPS) is 10.7. The number of amides is 2. The van der Waals surface area contributed by atoms with E-state index in [4.69, 9.17) is 9.47 Å². The molecule has 34 heavy (non-hydrogen) atoms. The Morgan fingerprint density at radius 1 is 1.06 bits per heavy atom. The molecule has 0 spiro atoms. The second-order valence-corrected chi connectivity index (χ2v) is 9.16. The summed E-state index contributed by atoms with van der Waals surface area (Å²) >= 11 is 6.89. The van der Waals surface area contributed by atoms with E-state index < -0.39 is 0 Å². The lowest BCUT2D eigenvalue weighted by Crippen LogP contribution is -2.21. The first kappa shape index (κ1) is 25.5. The number of hydrogen-bond donors (Lipinski definition) is 2. The van der Waals surface area contributed by atoms with Crippen molar-refractivity contribution in [1.82, 2.24) is 5.43 Å². The molecular formula is C25H23Br2N3O4. The summed E-state index contributed by atoms with van der Waals surface area (Å²) < 4.78 is 12.3. The zero-order valence-corrected chi connectivity index (χ0v) is 22.0. The van der Waals surface area contributed by atoms with Crippen LogP contribution in [0.4, 0.5) is 5.69 Å². The lowest BCUT2D eigenvalue weighted by molar-refractivity contribution is -0.118. The minimum Gasteiger partial charge on any atom is -0.497 e. The number of hydrazone groups is 1. The van der Waals surface area contributed by atoms with Crippen LogP contribution in [-0.2, 0) is 4.79 Å². The molecule has 0 aliphatic heterocycles. The van der Waals surface area contributed by atoms with Gasteiger partial charge in [-0.3, -0.25) is 9.59 Å². The number of carbonyl (C=O) groups excluding carboxylic acids is 2. The molecule has 7 nitrogen and oxygen atoms in total. The monoisotopic (exact) mass is 587 g/mol. The van der Waals surface area contributed by atoms with Crippen LogP contribution in [0.1, 0.15) is 27.0 Å². The fourth-order valence-electron chi connectivity index (χ4n) is 3.01. The first-order chi connectivity index (χ1) is 16.3. The molecule has 0 saturated carbocycles. The van der Waals surface area contributed by atoms with Gasteiger partial charge in [-0.2, -0.15) is 5.10 Å². The molecule has 0 aliphatic rings. The standard InChI is InChI=1S/C25H23Br2N3O4/c1-15-7-8-16(2)22(9-15)29-23(31)14-34-24-18(10-19(26)12-21(24)27)13-28-30-25(32)17-5-4-6-20(11-17)33-3/h4-13H,14H2,1-3H3,(H,29,31)(H,30,32)/b28-13+. The molecule has 0 atom stereocenters. The minimum atomic E-state index is -0.389. The maximum Gasteiger partial charge on any atom is 0.271 e. The van der Waals surface area contributed by atoms with Gasteiger partial charge >= 0.3 is 0 Å². The zero-order valence-electron chi connectivity index (χ0n) is 18.8. The molecule has 0 radical (unpaired) electrons. The maximum atomic E-state index is 12.5. The van der Waals surface area contributed by atoms with Crippen molar-refractivity contribution < 1.29 is 19.1 Å². The van der Waals surface area contributed by atoms with Crippen LogP contribution in [0.25, 0.3) is 0 Å². The summed E-state index contributed by atoms with van der Waals surface area (Å²) in [5.74, 6) is 0.304. The van der Waals surface area contributed by atoms with Gasteiger partial charge in [0.1, 0.15) is 11.5 Å². The van der Waals surface area contributed by atoms with Crippen LogP contribution in [-0.4, -0.2) is 31.7 Å². The summed E-state index contributed by atoms with van der Waals surface area (Å²) in [5, 5.41) is 6.91. The molecule has 0 bridgehead atoms. The molecule has 0 unspecified atom stereocenters. The van der Waals surface area contributed by atoms with E-state index in [2.05, 4.69) is 47.7 Å². The number of benzene rings is 3. The Labute approximate surface area is 214 Å². The molecule has 0 fully saturated rings. The van der Waals surface area contributed by atoms with Gasteiger partial charge < -0.3 is 14.8 Å². The van der Waals surface area contributed by atoms with Crippen molar-refractivity contribution in [2.45, 2.75) is 13.8 Å². The summed E-state index contributed by atoms with van der Waals surface area (Å²) in [6.07, 6.45) is 1.45. The smallest absolute Gasteiger partial charge is 0.271 e. The van der Waals surface area contributed by atoms with Gasteiger partial charge in [-0.1, -0.05) is 34.1 Å². The lowest BCUT2D eigenvalue weighted by atomic mass is 10.1. The minimum absolute atomic E-state index is 0.204. The largest absolute Gasteiger partial charge is 0.497 e. The van der Waals surface area contributed by atoms with Crippen LogP contribution in [0, 0.1) is 13.8 Å². The third-order valence-electron chi connectivity index (χ3n) is 4.75. The summed E-state index contributed by atoms with van der Waals surface area (Å²) in [7, 11) is 1.53. The number of halogens is 2. The number of rotatable bonds is 8. The predicted molar refractivity (Wildman–Crippen MR) is 140 cm³/mol. The van der Waals surface area contributed by atoms with E-state index in [-0.39, 0.29) is 18.4 Å². The summed E-state index contributed by atoms with van der Waals surface area (Å²) in [6.45, 7) is 3.68. The number of methoxy groups -OCH3 is 1. The molecule has 0 aromatic heterocycles. The van der Waals surface area contributed by atoms with E-state index >= 15 is 0 Å². The lowest BCUT2D eigenvalue weighted by Gasteiger charge is -2.13. The SMILES string of the molecule is COc1cccc(C(=O)N/N=C/c2cc(Br)cc(Br)c2OCC(=O)Nc2cc(C)ccc2C)c1. The van der Waals surface area contributed by atoms with Crippen LogP contribution < -0.4 is 20.2 Å². The summed E-state index contributed by atoms with van der Waals surface area (Å²) in [4.78, 5) is 24.9. The quantitative estimate of drug-likeness (QED) is 0.264. The highest BCUT2D eigenvalue weighted by Crippen LogP contribution is 2.32. The molecule has 2 amide bonds. The average molecular weight is 589 g/mol. The van der Waals surface area contributed by atoms with Crippen LogP contribution >= 0.6 is 31.9 Å². The van der Waals surface area contributed by atoms with E-state index in [0.717, 1.165) is 21.3 Å². The Kier molecular flexibility index (Phi) is 8.84. The molecule has 3 aromatic rings. The van der Waals surface area contributed by atoms with Gasteiger partial charge in [0.15, 0.2) is 6.61 Å². The van der Waals surface area contributed by atoms with Gasteiger partial charge in [-0.25, -0.2) is 5.43 Å². The second kappa shape index (κ2) is 11.8. The molecule has 0 saturated heterocycles. The van der Waals surface area contributed by atoms with Gasteiger partial charge in [0.2, 0.25) is 0 Å². The first-order valence-corrected chi connectivity index (χ1v) is 11.8. The van der Waals surface area contributed by atoms with Gasteiger partial charge in [-0.15, -0.1) is 0 Å². The third kappa shape index (κ3) is 6.91. The Morgan fingerprint density at radius 2 is 1.85 bits per heavy atom. The number of ether oxygens (including phenoxy) is 2. The Morgan fingerprint density at radius 3 is 2.62 bits per heavy atom. The van der Waals surface area contributed by atoms with Crippen molar-refractivity contribution in [1.29, 1.82) is 0 Å². The molecule has 3 aromatic carbocycles. The van der Waals surface area contributed by atoms with E-state index in [1.54, 1.807) is 36.4 Å². The van der Waals surface area contributed by atoms with Crippen molar-refractivity contribution in [2.75, 3.05) is 19.0 Å². The Bertz CT molecular complexity index is 1240. The second-order valence-electron chi connectivity index (χ2n) is 7.39.